The number of hydrogen-bond donors (Lipinski definition) is 3. The van der Waals surface area contributed by atoms with Crippen molar-refractivity contribution in [2.45, 2.75) is 0 Å². The van der Waals surface area contributed by atoms with E-state index in [2.05, 4.69) is 9.97 Å². The number of imidazole rings is 1. The van der Waals surface area contributed by atoms with E-state index in [0.29, 0.717) is 11.0 Å². The fourth-order valence-electron chi connectivity index (χ4n) is 2.10. The zero-order valence-corrected chi connectivity index (χ0v) is 10.5. The lowest BCUT2D eigenvalue weighted by molar-refractivity contribution is 0.103. The van der Waals surface area contributed by atoms with Crippen LogP contribution in [0.2, 0.25) is 0 Å². The second kappa shape index (κ2) is 4.55. The average Bonchev–Trinajstić information content (AvgIpc) is 2.81. The third-order valence-corrected chi connectivity index (χ3v) is 3.09. The van der Waals surface area contributed by atoms with Crippen molar-refractivity contribution in [3.8, 4) is 0 Å². The average molecular weight is 289 g/mol. The molecule has 1 aromatic heterocycles. The maximum atomic E-state index is 13.9. The molecule has 0 radical (unpaired) electrons. The van der Waals surface area contributed by atoms with Gasteiger partial charge in [0, 0.05) is 5.56 Å². The summed E-state index contributed by atoms with van der Waals surface area (Å²) in [4.78, 5) is 28.4. The zero-order valence-electron chi connectivity index (χ0n) is 10.5. The van der Waals surface area contributed by atoms with Crippen molar-refractivity contribution in [3.05, 3.63) is 63.6 Å². The lowest BCUT2D eigenvalue weighted by Gasteiger charge is -2.05. The van der Waals surface area contributed by atoms with Gasteiger partial charge in [-0.15, -0.1) is 0 Å². The van der Waals surface area contributed by atoms with Crippen LogP contribution in [0.4, 0.5) is 14.5 Å². The van der Waals surface area contributed by atoms with E-state index in [4.69, 9.17) is 5.73 Å². The highest BCUT2D eigenvalue weighted by molar-refractivity contribution is 6.10. The Labute approximate surface area is 116 Å². The molecule has 0 bridgehead atoms. The molecule has 7 heteroatoms. The van der Waals surface area contributed by atoms with Gasteiger partial charge < -0.3 is 15.7 Å². The maximum absolute atomic E-state index is 13.9. The number of aromatic nitrogens is 2. The quantitative estimate of drug-likeness (QED) is 0.497. The number of benzene rings is 2. The van der Waals surface area contributed by atoms with Crippen LogP contribution in [0, 0.1) is 11.6 Å². The molecule has 0 amide bonds. The van der Waals surface area contributed by atoms with Gasteiger partial charge in [0.2, 0.25) is 0 Å². The minimum atomic E-state index is -0.968. The highest BCUT2D eigenvalue weighted by atomic mass is 19.1. The van der Waals surface area contributed by atoms with Crippen molar-refractivity contribution in [2.75, 3.05) is 5.73 Å². The minimum absolute atomic E-state index is 0.113. The number of halogens is 2. The van der Waals surface area contributed by atoms with Crippen LogP contribution in [0.15, 0.2) is 35.1 Å². The number of rotatable bonds is 2. The summed E-state index contributed by atoms with van der Waals surface area (Å²) in [6, 6.07) is 5.89. The first-order valence-electron chi connectivity index (χ1n) is 5.97. The normalized spacial score (nSPS) is 11.0. The molecule has 0 fully saturated rings. The van der Waals surface area contributed by atoms with E-state index in [1.807, 2.05) is 0 Å². The van der Waals surface area contributed by atoms with Crippen LogP contribution in [0.25, 0.3) is 11.0 Å². The molecule has 21 heavy (non-hydrogen) atoms. The van der Waals surface area contributed by atoms with Gasteiger partial charge in [0.05, 0.1) is 22.3 Å². The standard InChI is InChI=1S/C14H9F2N3O2/c15-7-4-8(12(16)9(17)5-7)13(20)6-1-2-10-11(3-6)19-14(21)18-10/h1-5H,17H2,(H2,18,19,21). The molecule has 0 aliphatic heterocycles. The van der Waals surface area contributed by atoms with Gasteiger partial charge in [0.15, 0.2) is 11.6 Å². The first-order chi connectivity index (χ1) is 9.95. The van der Waals surface area contributed by atoms with Crippen LogP contribution in [-0.2, 0) is 0 Å². The molecule has 0 saturated heterocycles. The van der Waals surface area contributed by atoms with E-state index in [0.717, 1.165) is 12.1 Å². The Kier molecular flexibility index (Phi) is 2.83. The molecular formula is C14H9F2N3O2. The first kappa shape index (κ1) is 13.0. The van der Waals surface area contributed by atoms with Gasteiger partial charge in [0.1, 0.15) is 5.82 Å². The van der Waals surface area contributed by atoms with Gasteiger partial charge in [0.25, 0.3) is 0 Å². The van der Waals surface area contributed by atoms with Crippen LogP contribution < -0.4 is 11.4 Å². The van der Waals surface area contributed by atoms with Crippen molar-refractivity contribution in [3.63, 3.8) is 0 Å². The van der Waals surface area contributed by atoms with Crippen molar-refractivity contribution >= 4 is 22.5 Å². The molecular weight excluding hydrogens is 280 g/mol. The Morgan fingerprint density at radius 2 is 1.76 bits per heavy atom. The molecule has 0 atom stereocenters. The molecule has 2 aromatic carbocycles. The van der Waals surface area contributed by atoms with E-state index < -0.39 is 34.4 Å². The Hall–Kier alpha value is -2.96. The molecule has 3 aromatic rings. The lowest BCUT2D eigenvalue weighted by Crippen LogP contribution is -2.07. The molecule has 106 valence electrons. The van der Waals surface area contributed by atoms with Crippen LogP contribution in [0.5, 0.6) is 0 Å². The summed E-state index contributed by atoms with van der Waals surface area (Å²) in [5.74, 6) is -2.49. The molecule has 0 aliphatic carbocycles. The Bertz CT molecular complexity index is 928. The molecule has 0 unspecified atom stereocenters. The number of ketones is 1. The van der Waals surface area contributed by atoms with E-state index in [-0.39, 0.29) is 5.56 Å². The minimum Gasteiger partial charge on any atom is -0.396 e. The summed E-state index contributed by atoms with van der Waals surface area (Å²) in [5, 5.41) is 0. The summed E-state index contributed by atoms with van der Waals surface area (Å²) in [5.41, 5.74) is 5.02. The number of nitrogens with one attached hydrogen (secondary N) is 2. The smallest absolute Gasteiger partial charge is 0.323 e. The van der Waals surface area contributed by atoms with Gasteiger partial charge in [-0.25, -0.2) is 13.6 Å². The molecule has 0 spiro atoms. The summed E-state index contributed by atoms with van der Waals surface area (Å²) in [6.07, 6.45) is 0. The number of aromatic amines is 2. The second-order valence-corrected chi connectivity index (χ2v) is 4.53. The summed E-state index contributed by atoms with van der Waals surface area (Å²) < 4.78 is 27.1. The van der Waals surface area contributed by atoms with Gasteiger partial charge in [-0.2, -0.15) is 0 Å². The Balaban J connectivity index is 2.14. The Morgan fingerprint density at radius 1 is 1.05 bits per heavy atom. The van der Waals surface area contributed by atoms with Crippen molar-refractivity contribution < 1.29 is 13.6 Å². The van der Waals surface area contributed by atoms with E-state index in [1.54, 1.807) is 0 Å². The van der Waals surface area contributed by atoms with Crippen LogP contribution >= 0.6 is 0 Å². The number of nitrogen functional groups attached to an aromatic ring is 1. The molecule has 5 nitrogen and oxygen atoms in total. The molecule has 4 N–H and O–H groups in total. The van der Waals surface area contributed by atoms with Gasteiger partial charge >= 0.3 is 5.69 Å². The number of anilines is 1. The molecule has 1 heterocycles. The number of carbonyl (C=O) groups is 1. The van der Waals surface area contributed by atoms with Crippen molar-refractivity contribution in [2.24, 2.45) is 0 Å². The topological polar surface area (TPSA) is 91.7 Å². The number of fused-ring (bicyclic) bond motifs is 1. The third kappa shape index (κ3) is 2.18. The monoisotopic (exact) mass is 289 g/mol. The first-order valence-corrected chi connectivity index (χ1v) is 5.97. The van der Waals surface area contributed by atoms with Crippen LogP contribution in [0.1, 0.15) is 15.9 Å². The molecule has 0 aliphatic rings. The summed E-state index contributed by atoms with van der Waals surface area (Å²) in [7, 11) is 0. The second-order valence-electron chi connectivity index (χ2n) is 4.53. The van der Waals surface area contributed by atoms with Gasteiger partial charge in [-0.05, 0) is 30.3 Å². The lowest BCUT2D eigenvalue weighted by atomic mass is 10.0. The number of carbonyl (C=O) groups excluding carboxylic acids is 1. The SMILES string of the molecule is Nc1cc(F)cc(C(=O)c2ccc3[nH]c(=O)[nH]c3c2)c1F. The summed E-state index contributed by atoms with van der Waals surface area (Å²) >= 11 is 0. The van der Waals surface area contributed by atoms with E-state index in [1.165, 1.54) is 18.2 Å². The fourth-order valence-corrected chi connectivity index (χ4v) is 2.10. The van der Waals surface area contributed by atoms with Crippen molar-refractivity contribution in [1.82, 2.24) is 9.97 Å². The molecule has 0 saturated carbocycles. The summed E-state index contributed by atoms with van der Waals surface area (Å²) in [6.45, 7) is 0. The Morgan fingerprint density at radius 3 is 2.52 bits per heavy atom. The number of hydrogen-bond acceptors (Lipinski definition) is 3. The van der Waals surface area contributed by atoms with Crippen molar-refractivity contribution in [1.29, 1.82) is 0 Å². The zero-order chi connectivity index (χ0) is 15.1. The van der Waals surface area contributed by atoms with Gasteiger partial charge in [-0.1, -0.05) is 0 Å². The molecule has 3 rings (SSSR count). The van der Waals surface area contributed by atoms with Crippen LogP contribution in [0.3, 0.4) is 0 Å². The maximum Gasteiger partial charge on any atom is 0.323 e. The van der Waals surface area contributed by atoms with Crippen LogP contribution in [-0.4, -0.2) is 15.8 Å². The number of nitrogens with two attached hydrogens (primary N) is 1. The van der Waals surface area contributed by atoms with E-state index >= 15 is 0 Å². The fraction of sp³-hybridized carbons (Fsp3) is 0. The van der Waals surface area contributed by atoms with E-state index in [9.17, 15) is 18.4 Å². The largest absolute Gasteiger partial charge is 0.396 e. The highest BCUT2D eigenvalue weighted by Gasteiger charge is 2.18. The number of H-pyrrole nitrogens is 2. The van der Waals surface area contributed by atoms with Gasteiger partial charge in [-0.3, -0.25) is 4.79 Å². The highest BCUT2D eigenvalue weighted by Crippen LogP contribution is 2.21. The predicted molar refractivity (Wildman–Crippen MR) is 73.1 cm³/mol. The third-order valence-electron chi connectivity index (χ3n) is 3.09. The predicted octanol–water partition coefficient (Wildman–Crippen LogP) is 1.95.